The Balaban J connectivity index is 1.54. The molecule has 0 bridgehead atoms. The number of nitrogens with zero attached hydrogens (tertiary/aromatic N) is 5. The molecule has 174 valence electrons. The molecule has 0 aliphatic carbocycles. The molecule has 1 aliphatic heterocycles. The van der Waals surface area contributed by atoms with Gasteiger partial charge in [-0.15, -0.1) is 0 Å². The minimum absolute atomic E-state index is 0.0299. The number of hydrogen-bond donors (Lipinski definition) is 0. The van der Waals surface area contributed by atoms with Crippen LogP contribution in [0.15, 0.2) is 66.0 Å². The quantitative estimate of drug-likeness (QED) is 0.422. The van der Waals surface area contributed by atoms with Crippen LogP contribution in [-0.2, 0) is 11.2 Å². The first kappa shape index (κ1) is 22.5. The van der Waals surface area contributed by atoms with Crippen molar-refractivity contribution < 1.29 is 13.7 Å². The van der Waals surface area contributed by atoms with Crippen LogP contribution in [0.1, 0.15) is 10.4 Å². The summed E-state index contributed by atoms with van der Waals surface area (Å²) in [5.41, 5.74) is 2.24. The Morgan fingerprint density at radius 1 is 1.06 bits per heavy atom. The molecular weight excluding hydrogens is 453 g/mol. The number of rotatable bonds is 4. The van der Waals surface area contributed by atoms with Gasteiger partial charge >= 0.3 is 0 Å². The summed E-state index contributed by atoms with van der Waals surface area (Å²) < 4.78 is 28.3. The molecule has 4 aromatic rings. The summed E-state index contributed by atoms with van der Waals surface area (Å²) in [5.74, 6) is -0.0234. The molecule has 1 saturated heterocycles. The van der Waals surface area contributed by atoms with Gasteiger partial charge in [0.2, 0.25) is 5.95 Å². The number of benzene rings is 2. The molecule has 0 saturated carbocycles. The van der Waals surface area contributed by atoms with Crippen LogP contribution in [0, 0.1) is 5.82 Å². The average molecular weight is 478 g/mol. The maximum Gasteiger partial charge on any atom is 0.254 e. The Morgan fingerprint density at radius 2 is 1.76 bits per heavy atom. The lowest BCUT2D eigenvalue weighted by molar-refractivity contribution is 0.0664. The van der Waals surface area contributed by atoms with Gasteiger partial charge < -0.3 is 14.4 Å². The van der Waals surface area contributed by atoms with E-state index >= 15 is 0 Å². The van der Waals surface area contributed by atoms with Crippen LogP contribution in [-0.4, -0.2) is 74.3 Å². The van der Waals surface area contributed by atoms with Crippen LogP contribution in [0.3, 0.4) is 0 Å². The predicted octanol–water partition coefficient (Wildman–Crippen LogP) is 3.35. The van der Waals surface area contributed by atoms with Crippen molar-refractivity contribution in [3.8, 4) is 17.1 Å². The van der Waals surface area contributed by atoms with E-state index in [1.165, 1.54) is 6.07 Å². The van der Waals surface area contributed by atoms with Crippen LogP contribution in [0.4, 0.5) is 4.39 Å². The van der Waals surface area contributed by atoms with Crippen molar-refractivity contribution in [1.82, 2.24) is 24.3 Å². The van der Waals surface area contributed by atoms with E-state index < -0.39 is 11.2 Å². The van der Waals surface area contributed by atoms with Crippen molar-refractivity contribution in [1.29, 1.82) is 0 Å². The topological polar surface area (TPSA) is 77.3 Å². The van der Waals surface area contributed by atoms with Crippen molar-refractivity contribution in [3.63, 3.8) is 0 Å². The lowest BCUT2D eigenvalue weighted by atomic mass is 10.1. The van der Waals surface area contributed by atoms with E-state index in [1.54, 1.807) is 59.7 Å². The van der Waals surface area contributed by atoms with Crippen molar-refractivity contribution in [3.05, 3.63) is 72.4 Å². The van der Waals surface area contributed by atoms with E-state index in [2.05, 4.69) is 14.9 Å². The largest absolute Gasteiger partial charge is 0.612 e. The summed E-state index contributed by atoms with van der Waals surface area (Å²) in [4.78, 5) is 26.7. The molecule has 9 heteroatoms. The fraction of sp³-hybridized carbons (Fsp3) is 0.240. The molecule has 2 aromatic carbocycles. The van der Waals surface area contributed by atoms with Crippen LogP contribution >= 0.6 is 0 Å². The van der Waals surface area contributed by atoms with Crippen LogP contribution in [0.5, 0.6) is 0 Å². The number of carbonyl (C=O) groups excluding carboxylic acids is 1. The first-order valence-electron chi connectivity index (χ1n) is 11.0. The summed E-state index contributed by atoms with van der Waals surface area (Å²) in [7, 11) is 2.05. The fourth-order valence-electron chi connectivity index (χ4n) is 4.20. The van der Waals surface area contributed by atoms with E-state index in [-0.39, 0.29) is 11.7 Å². The lowest BCUT2D eigenvalue weighted by Crippen LogP contribution is -2.47. The minimum Gasteiger partial charge on any atom is -0.612 e. The number of carbonyl (C=O) groups is 1. The van der Waals surface area contributed by atoms with Gasteiger partial charge in [-0.3, -0.25) is 9.36 Å². The number of halogens is 1. The lowest BCUT2D eigenvalue weighted by Gasteiger charge is -2.32. The zero-order chi connectivity index (χ0) is 23.8. The standard InChI is InChI=1S/C25H24FN5O2S/c1-29-9-11-30(12-10-29)24(32)17-7-8-20-22(13-17)31(16-23(20)34(2)33)25-27-14-18(15-28-25)19-5-3-4-6-21(19)26/h3-8,13-16H,9-12H2,1-2H3. The first-order chi connectivity index (χ1) is 16.4. The van der Waals surface area contributed by atoms with Gasteiger partial charge in [0, 0.05) is 55.3 Å². The number of fused-ring (bicyclic) bond motifs is 1. The Bertz CT molecular complexity index is 1350. The maximum absolute atomic E-state index is 14.2. The Labute approximate surface area is 200 Å². The molecule has 2 aromatic heterocycles. The first-order valence-corrected chi connectivity index (χ1v) is 12.5. The van der Waals surface area contributed by atoms with E-state index in [9.17, 15) is 13.7 Å². The third-order valence-corrected chi connectivity index (χ3v) is 7.10. The molecule has 1 unspecified atom stereocenters. The zero-order valence-electron chi connectivity index (χ0n) is 18.9. The highest BCUT2D eigenvalue weighted by atomic mass is 32.2. The number of aromatic nitrogens is 3. The SMILES string of the molecule is CN1CCN(C(=O)c2ccc3c([S+](C)[O-])cn(-c4ncc(-c5ccccc5F)cn4)c3c2)CC1. The molecular formula is C25H24FN5O2S. The summed E-state index contributed by atoms with van der Waals surface area (Å²) >= 11 is -1.25. The minimum atomic E-state index is -1.25. The van der Waals surface area contributed by atoms with Gasteiger partial charge in [0.1, 0.15) is 12.1 Å². The molecule has 5 rings (SSSR count). The van der Waals surface area contributed by atoms with E-state index in [0.29, 0.717) is 46.1 Å². The predicted molar refractivity (Wildman–Crippen MR) is 130 cm³/mol. The maximum atomic E-state index is 14.2. The molecule has 1 fully saturated rings. The van der Waals surface area contributed by atoms with E-state index in [1.807, 2.05) is 18.0 Å². The van der Waals surface area contributed by atoms with Gasteiger partial charge in [0.15, 0.2) is 4.90 Å². The van der Waals surface area contributed by atoms with Crippen molar-refractivity contribution >= 4 is 28.0 Å². The summed E-state index contributed by atoms with van der Waals surface area (Å²) in [6.45, 7) is 3.04. The normalized spacial score (nSPS) is 15.6. The number of piperazine rings is 1. The van der Waals surface area contributed by atoms with Gasteiger partial charge in [-0.2, -0.15) is 0 Å². The number of amides is 1. The monoisotopic (exact) mass is 477 g/mol. The van der Waals surface area contributed by atoms with Gasteiger partial charge in [-0.05, 0) is 42.5 Å². The summed E-state index contributed by atoms with van der Waals surface area (Å²) in [6.07, 6.45) is 6.48. The third kappa shape index (κ3) is 4.18. The highest BCUT2D eigenvalue weighted by molar-refractivity contribution is 7.91. The summed E-state index contributed by atoms with van der Waals surface area (Å²) in [5, 5.41) is 0.776. The molecule has 34 heavy (non-hydrogen) atoms. The van der Waals surface area contributed by atoms with Crippen molar-refractivity contribution in [2.75, 3.05) is 39.5 Å². The van der Waals surface area contributed by atoms with Crippen LogP contribution in [0.25, 0.3) is 28.0 Å². The fourth-order valence-corrected chi connectivity index (χ4v) is 4.93. The molecule has 0 N–H and O–H groups in total. The van der Waals surface area contributed by atoms with Crippen LogP contribution < -0.4 is 0 Å². The Morgan fingerprint density at radius 3 is 2.44 bits per heavy atom. The third-order valence-electron chi connectivity index (χ3n) is 6.15. The van der Waals surface area contributed by atoms with E-state index in [4.69, 9.17) is 0 Å². The molecule has 1 amide bonds. The van der Waals surface area contributed by atoms with Crippen molar-refractivity contribution in [2.45, 2.75) is 4.90 Å². The highest BCUT2D eigenvalue weighted by Crippen LogP contribution is 2.29. The van der Waals surface area contributed by atoms with Gasteiger partial charge in [0.25, 0.3) is 5.91 Å². The molecule has 0 spiro atoms. The Kier molecular flexibility index (Phi) is 6.07. The second-order valence-corrected chi connectivity index (χ2v) is 9.74. The smallest absolute Gasteiger partial charge is 0.254 e. The molecule has 1 aliphatic rings. The molecule has 0 radical (unpaired) electrons. The highest BCUT2D eigenvalue weighted by Gasteiger charge is 2.23. The van der Waals surface area contributed by atoms with E-state index in [0.717, 1.165) is 18.5 Å². The zero-order valence-corrected chi connectivity index (χ0v) is 19.8. The van der Waals surface area contributed by atoms with Gasteiger partial charge in [0.05, 0.1) is 17.1 Å². The molecule has 1 atom stereocenters. The second-order valence-electron chi connectivity index (χ2n) is 8.40. The van der Waals surface area contributed by atoms with Gasteiger partial charge in [-0.25, -0.2) is 14.4 Å². The molecule has 3 heterocycles. The second kappa shape index (κ2) is 9.17. The van der Waals surface area contributed by atoms with Gasteiger partial charge in [-0.1, -0.05) is 18.2 Å². The Hall–Kier alpha value is -3.27. The average Bonchev–Trinajstić information content (AvgIpc) is 3.24. The van der Waals surface area contributed by atoms with Crippen LogP contribution in [0.2, 0.25) is 0 Å². The van der Waals surface area contributed by atoms with Crippen molar-refractivity contribution in [2.24, 2.45) is 0 Å². The number of hydrogen-bond acceptors (Lipinski definition) is 5. The number of likely N-dealkylation sites (N-methyl/N-ethyl adjacent to an activating group) is 1. The molecule has 7 nitrogen and oxygen atoms in total. The summed E-state index contributed by atoms with van der Waals surface area (Å²) in [6, 6.07) is 11.9.